The third-order valence-corrected chi connectivity index (χ3v) is 22.0. The lowest BCUT2D eigenvalue weighted by Crippen LogP contribution is -2.51. The van der Waals surface area contributed by atoms with E-state index in [1.54, 1.807) is 43.5 Å². The number of hydrogen-bond acceptors (Lipinski definition) is 16. The number of nitrogens with one attached hydrogen (secondary N) is 4. The molecule has 7 aliphatic rings. The Morgan fingerprint density at radius 1 is 0.505 bits per heavy atom. The second kappa shape index (κ2) is 27.3. The minimum Gasteiger partial charge on any atom is -0.497 e. The van der Waals surface area contributed by atoms with Crippen molar-refractivity contribution in [2.45, 2.75) is 78.8 Å². The first-order chi connectivity index (χ1) is 53.4. The number of nitrogens with two attached hydrogens (primary N) is 1. The van der Waals surface area contributed by atoms with Gasteiger partial charge in [0.25, 0.3) is 5.91 Å². The zero-order chi connectivity index (χ0) is 76.8. The number of aromatic nitrogens is 3. The summed E-state index contributed by atoms with van der Waals surface area (Å²) in [6.07, 6.45) is -3.71. The number of alkyl halides is 4. The molecule has 7 heterocycles. The van der Waals surface area contributed by atoms with E-state index >= 15 is 0 Å². The molecule has 3 aliphatic carbocycles. The summed E-state index contributed by atoms with van der Waals surface area (Å²) in [7, 11) is -2.30. The van der Waals surface area contributed by atoms with Crippen molar-refractivity contribution in [2.75, 3.05) is 52.5 Å². The molecule has 6 N–H and O–H groups in total. The molecule has 0 radical (unpaired) electrons. The first-order valence-corrected chi connectivity index (χ1v) is 37.2. The van der Waals surface area contributed by atoms with E-state index in [0.29, 0.717) is 96.4 Å². The van der Waals surface area contributed by atoms with Gasteiger partial charge in [-0.2, -0.15) is 0 Å². The van der Waals surface area contributed by atoms with Crippen LogP contribution in [0.3, 0.4) is 0 Å². The van der Waals surface area contributed by atoms with E-state index in [9.17, 15) is 50.0 Å². The van der Waals surface area contributed by atoms with Crippen LogP contribution in [0.15, 0.2) is 229 Å². The smallest absolute Gasteiger partial charge is 0.497 e. The van der Waals surface area contributed by atoms with Gasteiger partial charge in [0.15, 0.2) is 23.0 Å². The summed E-state index contributed by atoms with van der Waals surface area (Å²) in [6, 6.07) is 66.4. The lowest BCUT2D eigenvalue weighted by molar-refractivity contribution is -0.287. The van der Waals surface area contributed by atoms with Gasteiger partial charge in [-0.25, -0.2) is 28.5 Å². The number of nitrogens with zero attached hydrogens (tertiary/aromatic N) is 5. The van der Waals surface area contributed by atoms with Gasteiger partial charge in [0.05, 0.1) is 46.2 Å². The number of pyridine rings is 3. The summed E-state index contributed by atoms with van der Waals surface area (Å²) in [5, 5.41) is 22.2. The number of sulfonamides is 1. The van der Waals surface area contributed by atoms with Crippen molar-refractivity contribution in [1.29, 1.82) is 0 Å². The predicted octanol–water partition coefficient (Wildman–Crippen LogP) is 15.7. The molecule has 111 heavy (non-hydrogen) atoms. The average molecular weight is 1530 g/mol. The first-order valence-electron chi connectivity index (χ1n) is 35.7. The Kier molecular flexibility index (Phi) is 17.4. The number of amides is 5. The van der Waals surface area contributed by atoms with Crippen LogP contribution in [0.1, 0.15) is 78.3 Å². The van der Waals surface area contributed by atoms with Crippen LogP contribution in [0.25, 0.3) is 54.8 Å². The molecule has 27 heteroatoms. The third-order valence-electron chi connectivity index (χ3n) is 21.1. The number of carbonyl (C=O) groups is 5. The zero-order valence-electron chi connectivity index (χ0n) is 59.1. The lowest BCUT2D eigenvalue weighted by atomic mass is 9.94. The molecule has 4 aliphatic heterocycles. The maximum Gasteiger partial charge on any atom is 0.586 e. The first kappa shape index (κ1) is 70.9. The van der Waals surface area contributed by atoms with Gasteiger partial charge in [-0.05, 0) is 162 Å². The number of anilines is 5. The van der Waals surface area contributed by atoms with E-state index in [4.69, 9.17) is 19.8 Å². The van der Waals surface area contributed by atoms with Gasteiger partial charge in [0.2, 0.25) is 33.7 Å². The van der Waals surface area contributed by atoms with Crippen LogP contribution in [0.4, 0.5) is 46.5 Å². The second-order valence-electron chi connectivity index (χ2n) is 28.1. The molecule has 12 aromatic rings. The highest BCUT2D eigenvalue weighted by atomic mass is 32.2. The third kappa shape index (κ3) is 13.8. The van der Waals surface area contributed by atoms with Gasteiger partial charge in [0.1, 0.15) is 29.0 Å². The molecule has 0 spiro atoms. The van der Waals surface area contributed by atoms with Gasteiger partial charge >= 0.3 is 12.6 Å². The summed E-state index contributed by atoms with van der Waals surface area (Å²) in [6.45, 7) is 1.93. The second-order valence-corrected chi connectivity index (χ2v) is 29.7. The van der Waals surface area contributed by atoms with Crippen LogP contribution < -0.4 is 59.9 Å². The minimum absolute atomic E-state index is 0. The molecule has 1 saturated heterocycles. The highest BCUT2D eigenvalue weighted by molar-refractivity contribution is 7.89. The van der Waals surface area contributed by atoms with E-state index in [0.717, 1.165) is 73.3 Å². The fraction of sp³-hybridized carbons (Fsp3) is 0.190. The molecule has 19 rings (SSSR count). The Bertz CT molecular complexity index is 6000. The number of benzene rings is 9. The molecule has 3 aromatic heterocycles. The van der Waals surface area contributed by atoms with Crippen LogP contribution in [0, 0.1) is 0 Å². The van der Waals surface area contributed by atoms with E-state index in [1.165, 1.54) is 36.4 Å². The SMILES string of the molecule is COc1ccc(C2(C(=O)Nc3cc4ccccc4c(N4CCN(c5ccccc5)C(=O)C4)n3)CC2)cc1.NS(=O)(=O)c1cccc(-c2nc(NC(=O)C3(c4ccc5c(c4)OC(F)(F)O5)CC3)cc3ccccc23)c1.O=C1NCc2ccc(-c3nc(NC(=O)C4(c5ccc6c(c5)OC(F)(F)O6)CC4)cc4ccccc34)cc21.[HH].[HH].[HH].[HH].[HH]. The van der Waals surface area contributed by atoms with Crippen molar-refractivity contribution in [3.8, 4) is 51.3 Å². The Morgan fingerprint density at radius 2 is 0.973 bits per heavy atom. The number of fused-ring (bicyclic) bond motifs is 6. The van der Waals surface area contributed by atoms with Crippen molar-refractivity contribution in [3.05, 3.63) is 252 Å². The molecular weight excluding hydrogens is 1450 g/mol. The summed E-state index contributed by atoms with van der Waals surface area (Å²) in [5.74, 6) is 1.46. The molecule has 0 unspecified atom stereocenters. The summed E-state index contributed by atoms with van der Waals surface area (Å²) < 4.78 is 101. The average Bonchev–Trinajstić information content (AvgIpc) is 1.52. The van der Waals surface area contributed by atoms with Crippen molar-refractivity contribution in [3.63, 3.8) is 0 Å². The van der Waals surface area contributed by atoms with E-state index in [1.807, 2.05) is 161 Å². The van der Waals surface area contributed by atoms with Crippen molar-refractivity contribution in [1.82, 2.24) is 20.3 Å². The highest BCUT2D eigenvalue weighted by Crippen LogP contribution is 2.55. The maximum absolute atomic E-state index is 13.5. The number of piperazine rings is 1. The molecule has 0 bridgehead atoms. The van der Waals surface area contributed by atoms with Gasteiger partial charge in [-0.15, -0.1) is 17.6 Å². The Balaban J connectivity index is 0.000000157. The standard InChI is InChI=1S/C30H28N4O3.C28H19F2N3O4.C26H19F2N3O5S.5H2/c1-37-24-13-11-22(12-14-24)30(15-16-30)29(36)32-26-19-21-7-5-6-10-25(21)28(31-26)33-17-18-34(27(35)20-33)23-8-3-2-4-9-23;29-28(30)36-21-8-7-18(13-22(21)37-28)27(9-10-27)26(35)33-23-12-15-3-1-2-4-19(15)24(32-23)16-5-6-17-14-31-25(34)20(17)11-16;27-26(28)35-20-9-8-17(14-21(20)36-26)25(10-11-25)24(32)31-22-13-15-4-1-2-7-19(15)23(30-22)16-5-3-6-18(12-16)37(29,33)34;;;;;/h2-14,19H,15-18,20H2,1H3,(H,31,32,36);1-8,11-13H,9-10,14H2,(H,31,34)(H,32,33,35);1-9,12-14H,10-11H2,(H2,29,33,34)(H,30,31,32);5*1H. The molecule has 568 valence electrons. The van der Waals surface area contributed by atoms with E-state index in [2.05, 4.69) is 45.2 Å². The Labute approximate surface area is 639 Å². The molecule has 3 saturated carbocycles. The Hall–Kier alpha value is -13.0. The quantitative estimate of drug-likeness (QED) is 0.0596. The summed E-state index contributed by atoms with van der Waals surface area (Å²) >= 11 is 0. The number of primary sulfonamides is 1. The number of carbonyl (C=O) groups excluding carboxylic acids is 5. The minimum atomic E-state index is -3.93. The molecular formula is C84H76F4N10O12S. The van der Waals surface area contributed by atoms with Crippen LogP contribution in [0.2, 0.25) is 0 Å². The van der Waals surface area contributed by atoms with Crippen molar-refractivity contribution >= 4 is 101 Å². The summed E-state index contributed by atoms with van der Waals surface area (Å²) in [4.78, 5) is 83.7. The van der Waals surface area contributed by atoms with E-state index < -0.39 is 38.9 Å². The number of methoxy groups -OCH3 is 1. The molecule has 0 atom stereocenters. The summed E-state index contributed by atoms with van der Waals surface area (Å²) in [5.41, 5.74) is 4.60. The van der Waals surface area contributed by atoms with Gasteiger partial charge < -0.3 is 54.8 Å². The van der Waals surface area contributed by atoms with Gasteiger partial charge in [-0.1, -0.05) is 140 Å². The predicted molar refractivity (Wildman–Crippen MR) is 417 cm³/mol. The number of ether oxygens (including phenoxy) is 5. The monoisotopic (exact) mass is 1520 g/mol. The number of rotatable bonds is 15. The van der Waals surface area contributed by atoms with Crippen LogP contribution >= 0.6 is 0 Å². The number of halogens is 4. The number of para-hydroxylation sites is 1. The fourth-order valence-electron chi connectivity index (χ4n) is 14.8. The zero-order valence-corrected chi connectivity index (χ0v) is 59.9. The highest BCUT2D eigenvalue weighted by Gasteiger charge is 2.55. The molecule has 5 amide bonds. The van der Waals surface area contributed by atoms with Gasteiger partial charge in [0, 0.05) is 65.3 Å². The molecule has 4 fully saturated rings. The largest absolute Gasteiger partial charge is 0.586 e. The molecule has 9 aromatic carbocycles. The van der Waals surface area contributed by atoms with Crippen molar-refractivity contribution < 1.29 is 80.8 Å². The number of hydrogen-bond donors (Lipinski definition) is 5. The topological polar surface area (TPSA) is 285 Å². The normalized spacial score (nSPS) is 17.1. The fourth-order valence-corrected chi connectivity index (χ4v) is 15.4. The molecule has 22 nitrogen and oxygen atoms in total. The maximum atomic E-state index is 13.5. The lowest BCUT2D eigenvalue weighted by Gasteiger charge is -2.35. The van der Waals surface area contributed by atoms with E-state index in [-0.39, 0.29) is 76.9 Å². The van der Waals surface area contributed by atoms with Crippen LogP contribution in [-0.4, -0.2) is 92.2 Å². The van der Waals surface area contributed by atoms with Gasteiger partial charge in [-0.3, -0.25) is 24.0 Å². The van der Waals surface area contributed by atoms with Crippen molar-refractivity contribution in [2.24, 2.45) is 5.14 Å². The Morgan fingerprint density at radius 3 is 1.49 bits per heavy atom. The van der Waals surface area contributed by atoms with Crippen LogP contribution in [0.5, 0.6) is 28.7 Å². The van der Waals surface area contributed by atoms with Crippen LogP contribution in [-0.2, 0) is 52.0 Å².